The molecule has 2 aromatic rings. The fourth-order valence-corrected chi connectivity index (χ4v) is 1.96. The van der Waals surface area contributed by atoms with Crippen LogP contribution in [0.4, 0.5) is 0 Å². The smallest absolute Gasteiger partial charge is 0.251 e. The predicted octanol–water partition coefficient (Wildman–Crippen LogP) is 1.97. The second-order valence-electron chi connectivity index (χ2n) is 4.97. The van der Waals surface area contributed by atoms with Crippen molar-refractivity contribution in [2.24, 2.45) is 13.0 Å². The molecule has 1 heterocycles. The second kappa shape index (κ2) is 5.30. The number of nitrogens with zero attached hydrogens (tertiary/aromatic N) is 2. The van der Waals surface area contributed by atoms with Crippen LogP contribution in [0.1, 0.15) is 24.2 Å². The van der Waals surface area contributed by atoms with E-state index in [2.05, 4.69) is 24.3 Å². The number of ether oxygens (including phenoxy) is 1. The van der Waals surface area contributed by atoms with Gasteiger partial charge in [0.15, 0.2) is 0 Å². The van der Waals surface area contributed by atoms with Crippen LogP contribution in [0.3, 0.4) is 0 Å². The molecule has 5 heteroatoms. The first kappa shape index (κ1) is 13.4. The minimum atomic E-state index is -0.0692. The van der Waals surface area contributed by atoms with E-state index in [1.807, 2.05) is 13.1 Å². The fraction of sp³-hybridized carbons (Fsp3) is 0.429. The zero-order valence-electron chi connectivity index (χ0n) is 11.7. The van der Waals surface area contributed by atoms with Crippen molar-refractivity contribution in [3.05, 3.63) is 23.8 Å². The van der Waals surface area contributed by atoms with Crippen LogP contribution in [-0.4, -0.2) is 29.3 Å². The maximum Gasteiger partial charge on any atom is 0.251 e. The number of aromatic nitrogens is 2. The summed E-state index contributed by atoms with van der Waals surface area (Å²) in [4.78, 5) is 12.0. The fourth-order valence-electron chi connectivity index (χ4n) is 1.96. The van der Waals surface area contributed by atoms with Crippen LogP contribution in [-0.2, 0) is 7.05 Å². The number of nitrogens with one attached hydrogen (secondary N) is 1. The van der Waals surface area contributed by atoms with Gasteiger partial charge in [-0.3, -0.25) is 4.79 Å². The molecule has 0 aliphatic carbocycles. The largest absolute Gasteiger partial charge is 0.481 e. The molecule has 0 unspecified atom stereocenters. The van der Waals surface area contributed by atoms with Crippen molar-refractivity contribution < 1.29 is 9.53 Å². The van der Waals surface area contributed by atoms with Gasteiger partial charge in [0.25, 0.3) is 5.91 Å². The molecule has 0 aliphatic heterocycles. The Balaban J connectivity index is 2.29. The Morgan fingerprint density at radius 1 is 1.47 bits per heavy atom. The highest BCUT2D eigenvalue weighted by molar-refractivity contribution is 5.98. The van der Waals surface area contributed by atoms with Crippen molar-refractivity contribution in [1.82, 2.24) is 15.1 Å². The first-order chi connectivity index (χ1) is 9.02. The van der Waals surface area contributed by atoms with E-state index in [1.54, 1.807) is 23.9 Å². The summed E-state index contributed by atoms with van der Waals surface area (Å²) in [6.07, 6.45) is 0. The van der Waals surface area contributed by atoms with Gasteiger partial charge in [-0.15, -0.1) is 0 Å². The van der Waals surface area contributed by atoms with Crippen LogP contribution in [0.25, 0.3) is 10.9 Å². The number of methoxy groups -OCH3 is 1. The van der Waals surface area contributed by atoms with Crippen molar-refractivity contribution in [1.29, 1.82) is 0 Å². The van der Waals surface area contributed by atoms with Gasteiger partial charge < -0.3 is 10.1 Å². The molecule has 102 valence electrons. The van der Waals surface area contributed by atoms with E-state index in [9.17, 15) is 4.79 Å². The highest BCUT2D eigenvalue weighted by Gasteiger charge is 2.12. The Bertz CT molecular complexity index is 602. The lowest BCUT2D eigenvalue weighted by molar-refractivity contribution is 0.0949. The molecule has 0 bridgehead atoms. The molecule has 0 aliphatic rings. The molecule has 1 aromatic carbocycles. The van der Waals surface area contributed by atoms with E-state index < -0.39 is 0 Å². The summed E-state index contributed by atoms with van der Waals surface area (Å²) in [5, 5.41) is 8.14. The minimum absolute atomic E-state index is 0.0692. The minimum Gasteiger partial charge on any atom is -0.481 e. The molecule has 19 heavy (non-hydrogen) atoms. The van der Waals surface area contributed by atoms with E-state index in [4.69, 9.17) is 4.74 Å². The molecule has 0 fully saturated rings. The van der Waals surface area contributed by atoms with Crippen molar-refractivity contribution in [3.8, 4) is 5.88 Å². The van der Waals surface area contributed by atoms with Crippen LogP contribution in [0.15, 0.2) is 18.2 Å². The maximum atomic E-state index is 12.0. The van der Waals surface area contributed by atoms with Gasteiger partial charge in [-0.2, -0.15) is 5.10 Å². The Morgan fingerprint density at radius 2 is 2.21 bits per heavy atom. The Labute approximate surface area is 112 Å². The summed E-state index contributed by atoms with van der Waals surface area (Å²) in [5.41, 5.74) is 1.38. The van der Waals surface area contributed by atoms with Gasteiger partial charge in [0.1, 0.15) is 0 Å². The van der Waals surface area contributed by atoms with Crippen molar-refractivity contribution in [3.63, 3.8) is 0 Å². The first-order valence-corrected chi connectivity index (χ1v) is 6.32. The van der Waals surface area contributed by atoms with Crippen LogP contribution in [0.2, 0.25) is 0 Å². The lowest BCUT2D eigenvalue weighted by atomic mass is 10.1. The molecule has 5 nitrogen and oxygen atoms in total. The molecular weight excluding hydrogens is 242 g/mol. The van der Waals surface area contributed by atoms with Crippen LogP contribution < -0.4 is 10.1 Å². The van der Waals surface area contributed by atoms with E-state index in [1.165, 1.54) is 0 Å². The first-order valence-electron chi connectivity index (χ1n) is 6.32. The molecule has 2 rings (SSSR count). The molecule has 0 saturated heterocycles. The third kappa shape index (κ3) is 2.70. The van der Waals surface area contributed by atoms with E-state index in [0.29, 0.717) is 23.9 Å². The third-order valence-electron chi connectivity index (χ3n) is 2.91. The quantitative estimate of drug-likeness (QED) is 0.915. The standard InChI is InChI=1S/C14H19N3O2/c1-9(2)8-15-13(18)10-5-6-11-12(7-10)16-17(3)14(11)19-4/h5-7,9H,8H2,1-4H3,(H,15,18). The van der Waals surface area contributed by atoms with Gasteiger partial charge in [0, 0.05) is 19.2 Å². The molecule has 0 atom stereocenters. The molecule has 1 aromatic heterocycles. The number of hydrogen-bond donors (Lipinski definition) is 1. The van der Waals surface area contributed by atoms with Crippen molar-refractivity contribution >= 4 is 16.8 Å². The average Bonchev–Trinajstić information content (AvgIpc) is 2.69. The lowest BCUT2D eigenvalue weighted by Crippen LogP contribution is -2.27. The molecular formula is C14H19N3O2. The molecule has 0 saturated carbocycles. The Hall–Kier alpha value is -2.04. The number of fused-ring (bicyclic) bond motifs is 1. The van der Waals surface area contributed by atoms with Gasteiger partial charge in [-0.1, -0.05) is 13.8 Å². The predicted molar refractivity (Wildman–Crippen MR) is 74.4 cm³/mol. The average molecular weight is 261 g/mol. The van der Waals surface area contributed by atoms with Crippen LogP contribution in [0.5, 0.6) is 5.88 Å². The summed E-state index contributed by atoms with van der Waals surface area (Å²) in [7, 11) is 3.43. The summed E-state index contributed by atoms with van der Waals surface area (Å²) < 4.78 is 6.94. The lowest BCUT2D eigenvalue weighted by Gasteiger charge is -2.07. The number of carbonyl (C=O) groups is 1. The SMILES string of the molecule is COc1c2ccc(C(=O)NCC(C)C)cc2nn1C. The second-order valence-corrected chi connectivity index (χ2v) is 4.97. The van der Waals surface area contributed by atoms with Gasteiger partial charge in [0.05, 0.1) is 18.0 Å². The normalized spacial score (nSPS) is 11.0. The Morgan fingerprint density at radius 3 is 2.84 bits per heavy atom. The van der Waals surface area contributed by atoms with E-state index in [-0.39, 0.29) is 5.91 Å². The number of carbonyl (C=O) groups excluding carboxylic acids is 1. The van der Waals surface area contributed by atoms with Gasteiger partial charge in [0.2, 0.25) is 5.88 Å². The van der Waals surface area contributed by atoms with Crippen LogP contribution >= 0.6 is 0 Å². The van der Waals surface area contributed by atoms with Gasteiger partial charge >= 0.3 is 0 Å². The molecule has 0 spiro atoms. The summed E-state index contributed by atoms with van der Waals surface area (Å²) >= 11 is 0. The number of benzene rings is 1. The number of hydrogen-bond acceptors (Lipinski definition) is 3. The number of aryl methyl sites for hydroxylation is 1. The summed E-state index contributed by atoms with van der Waals surface area (Å²) in [6, 6.07) is 5.45. The topological polar surface area (TPSA) is 56.1 Å². The van der Waals surface area contributed by atoms with Crippen molar-refractivity contribution in [2.75, 3.05) is 13.7 Å². The monoisotopic (exact) mass is 261 g/mol. The highest BCUT2D eigenvalue weighted by Crippen LogP contribution is 2.25. The van der Waals surface area contributed by atoms with Gasteiger partial charge in [-0.25, -0.2) is 4.68 Å². The summed E-state index contributed by atoms with van der Waals surface area (Å²) in [5.74, 6) is 1.06. The van der Waals surface area contributed by atoms with E-state index >= 15 is 0 Å². The van der Waals surface area contributed by atoms with Gasteiger partial charge in [-0.05, 0) is 24.1 Å². The highest BCUT2D eigenvalue weighted by atomic mass is 16.5. The number of amides is 1. The van der Waals surface area contributed by atoms with E-state index in [0.717, 1.165) is 10.9 Å². The zero-order chi connectivity index (χ0) is 14.0. The third-order valence-corrected chi connectivity index (χ3v) is 2.91. The molecule has 0 radical (unpaired) electrons. The maximum absolute atomic E-state index is 12.0. The van der Waals surface area contributed by atoms with Crippen LogP contribution in [0, 0.1) is 5.92 Å². The molecule has 1 amide bonds. The zero-order valence-corrected chi connectivity index (χ0v) is 11.7. The number of rotatable bonds is 4. The van der Waals surface area contributed by atoms with Crippen molar-refractivity contribution in [2.45, 2.75) is 13.8 Å². The summed E-state index contributed by atoms with van der Waals surface area (Å²) in [6.45, 7) is 4.79. The Kier molecular flexibility index (Phi) is 3.74. The molecule has 1 N–H and O–H groups in total.